The molecule has 1 fully saturated rings. The van der Waals surface area contributed by atoms with Gasteiger partial charge in [-0.15, -0.1) is 0 Å². The number of hydrogen-bond donors (Lipinski definition) is 2. The molecule has 4 atom stereocenters. The van der Waals surface area contributed by atoms with E-state index in [-0.39, 0.29) is 68.6 Å². The first-order valence-electron chi connectivity index (χ1n) is 6.83. The van der Waals surface area contributed by atoms with Crippen LogP contribution in [0.1, 0.15) is 36.8 Å². The minimum absolute atomic E-state index is 0. The Morgan fingerprint density at radius 1 is 1.37 bits per heavy atom. The van der Waals surface area contributed by atoms with Gasteiger partial charge in [-0.05, 0) is 12.0 Å². The first-order chi connectivity index (χ1) is 8.76. The van der Waals surface area contributed by atoms with Gasteiger partial charge in [0.2, 0.25) is 0 Å². The van der Waals surface area contributed by atoms with Crippen molar-refractivity contribution < 1.29 is 59.0 Å². The molecule has 3 rings (SSSR count). The van der Waals surface area contributed by atoms with Crippen molar-refractivity contribution in [1.29, 1.82) is 0 Å². The average Bonchev–Trinajstić information content (AvgIpc) is 2.85. The van der Waals surface area contributed by atoms with Gasteiger partial charge in [0.25, 0.3) is 0 Å². The van der Waals surface area contributed by atoms with E-state index in [4.69, 9.17) is 4.74 Å². The van der Waals surface area contributed by atoms with E-state index >= 15 is 0 Å². The number of para-hydroxylation sites is 1. The first kappa shape index (κ1) is 15.8. The average molecular weight is 475 g/mol. The maximum Gasteiger partial charge on any atom is 0.126 e. The minimum Gasteiger partial charge on any atom is -0.489 e. The van der Waals surface area contributed by atoms with Crippen LogP contribution in [0, 0.1) is 50.0 Å². The van der Waals surface area contributed by atoms with Gasteiger partial charge in [0.1, 0.15) is 11.9 Å². The maximum atomic E-state index is 9.95. The Kier molecular flexibility index (Phi) is 5.34. The molecule has 1 aliphatic carbocycles. The fourth-order valence-corrected chi connectivity index (χ4v) is 3.49. The molecule has 1 saturated carbocycles. The van der Waals surface area contributed by atoms with E-state index in [0.29, 0.717) is 6.42 Å². The Morgan fingerprint density at radius 2 is 2.16 bits per heavy atom. The van der Waals surface area contributed by atoms with E-state index in [1.807, 2.05) is 0 Å². The Bertz CT molecular complexity index is 449. The van der Waals surface area contributed by atoms with E-state index < -0.39 is 6.10 Å². The van der Waals surface area contributed by atoms with Crippen LogP contribution in [-0.4, -0.2) is 29.0 Å². The molecule has 1 heterocycles. The topological polar surface area (TPSA) is 49.7 Å². The molecule has 3 nitrogen and oxygen atoms in total. The molecule has 0 unspecified atom stereocenters. The van der Waals surface area contributed by atoms with Crippen LogP contribution in [0.3, 0.4) is 0 Å². The Labute approximate surface area is 149 Å². The van der Waals surface area contributed by atoms with Crippen LogP contribution in [0.25, 0.3) is 0 Å². The molecule has 1 aliphatic heterocycles. The van der Waals surface area contributed by atoms with Gasteiger partial charge in [-0.2, -0.15) is 0 Å². The predicted molar refractivity (Wildman–Crippen MR) is 68.8 cm³/mol. The van der Waals surface area contributed by atoms with Gasteiger partial charge in [-0.1, -0.05) is 31.5 Å². The van der Waals surface area contributed by atoms with Crippen molar-refractivity contribution in [3.8, 4) is 5.75 Å². The number of hydrogen-bond acceptors (Lipinski definition) is 3. The monoisotopic (exact) mass is 475 g/mol. The van der Waals surface area contributed by atoms with Gasteiger partial charge in [0.15, 0.2) is 0 Å². The molecule has 4 heteroatoms. The summed E-state index contributed by atoms with van der Waals surface area (Å²) in [6.45, 7) is 2.19. The second kappa shape index (κ2) is 6.43. The van der Waals surface area contributed by atoms with Crippen molar-refractivity contribution in [2.24, 2.45) is 5.92 Å². The van der Waals surface area contributed by atoms with Crippen molar-refractivity contribution in [3.05, 3.63) is 29.3 Å². The Hall–Kier alpha value is 0.382. The zero-order chi connectivity index (χ0) is 12.7. The fraction of sp³-hybridized carbons (Fsp3) is 0.600. The molecule has 1 aromatic carbocycles. The largest absolute Gasteiger partial charge is 0.489 e. The van der Waals surface area contributed by atoms with Crippen molar-refractivity contribution in [1.82, 2.24) is 0 Å². The third-order valence-corrected chi connectivity index (χ3v) is 4.32. The summed E-state index contributed by atoms with van der Waals surface area (Å²) < 4.78 is 6.05. The molecule has 0 amide bonds. The van der Waals surface area contributed by atoms with E-state index in [0.717, 1.165) is 18.6 Å². The van der Waals surface area contributed by atoms with Crippen LogP contribution >= 0.6 is 0 Å². The minimum atomic E-state index is -0.437. The summed E-state index contributed by atoms with van der Waals surface area (Å²) in [5.74, 6) is 1.10. The summed E-state index contributed by atoms with van der Waals surface area (Å²) in [4.78, 5) is 0. The molecule has 0 bridgehead atoms. The molecular formula is C15H20AcO3. The number of ether oxygens (including phenoxy) is 1. The Balaban J connectivity index is 0.00000133. The maximum absolute atomic E-state index is 9.95. The second-order valence-electron chi connectivity index (χ2n) is 5.42. The number of rotatable bonds is 3. The number of benzene rings is 1. The summed E-state index contributed by atoms with van der Waals surface area (Å²) in [7, 11) is 0. The van der Waals surface area contributed by atoms with Gasteiger partial charge in [-0.25, -0.2) is 0 Å². The first-order valence-corrected chi connectivity index (χ1v) is 6.83. The molecule has 101 valence electrons. The molecule has 0 aromatic heterocycles. The van der Waals surface area contributed by atoms with Gasteiger partial charge >= 0.3 is 0 Å². The quantitative estimate of drug-likeness (QED) is 0.702. The number of aliphatic hydroxyl groups excluding tert-OH is 2. The van der Waals surface area contributed by atoms with Crippen molar-refractivity contribution >= 4 is 0 Å². The van der Waals surface area contributed by atoms with Gasteiger partial charge in [-0.3, -0.25) is 0 Å². The molecule has 1 radical (unpaired) electrons. The van der Waals surface area contributed by atoms with Crippen LogP contribution in [0.15, 0.2) is 18.2 Å². The van der Waals surface area contributed by atoms with Crippen LogP contribution in [0.2, 0.25) is 0 Å². The summed E-state index contributed by atoms with van der Waals surface area (Å²) in [6, 6.07) is 6.27. The number of aliphatic hydroxyl groups is 2. The van der Waals surface area contributed by atoms with Crippen molar-refractivity contribution in [3.63, 3.8) is 0 Å². The summed E-state index contributed by atoms with van der Waals surface area (Å²) in [6.07, 6.45) is 2.37. The smallest absolute Gasteiger partial charge is 0.126 e. The van der Waals surface area contributed by atoms with Crippen LogP contribution in [0.4, 0.5) is 0 Å². The summed E-state index contributed by atoms with van der Waals surface area (Å²) in [5.41, 5.74) is 2.44. The molecule has 19 heavy (non-hydrogen) atoms. The number of fused-ring (bicyclic) bond motifs is 3. The summed E-state index contributed by atoms with van der Waals surface area (Å²) in [5, 5.41) is 19.4. The number of aryl methyl sites for hydroxylation is 1. The zero-order valence-corrected chi connectivity index (χ0v) is 16.0. The van der Waals surface area contributed by atoms with Gasteiger partial charge < -0.3 is 14.9 Å². The molecule has 0 spiro atoms. The molecule has 1 aromatic rings. The van der Waals surface area contributed by atoms with E-state index in [1.165, 1.54) is 11.1 Å². The van der Waals surface area contributed by atoms with Gasteiger partial charge in [0, 0.05) is 74.5 Å². The summed E-state index contributed by atoms with van der Waals surface area (Å²) >= 11 is 0. The van der Waals surface area contributed by atoms with Gasteiger partial charge in [0.05, 0.1) is 6.10 Å². The Morgan fingerprint density at radius 3 is 2.84 bits per heavy atom. The second-order valence-corrected chi connectivity index (χ2v) is 5.42. The third-order valence-electron chi connectivity index (χ3n) is 4.32. The van der Waals surface area contributed by atoms with Crippen molar-refractivity contribution in [2.75, 3.05) is 6.61 Å². The fourth-order valence-electron chi connectivity index (χ4n) is 3.49. The van der Waals surface area contributed by atoms with E-state index in [1.54, 1.807) is 0 Å². The molecule has 0 saturated heterocycles. The third kappa shape index (κ3) is 2.62. The van der Waals surface area contributed by atoms with Crippen LogP contribution in [0.5, 0.6) is 5.75 Å². The molecular weight excluding hydrogens is 455 g/mol. The standard InChI is InChI=1S/C15H20O3.Ac/c1-2-4-9-5-3-6-10-14-11(8-16)12(17)7-13(14)18-15(9)10;/h3,5-6,11-14,16-17H,2,4,7-8H2,1H3;/t11-,12+,13-,14+;/m0./s1. The van der Waals surface area contributed by atoms with E-state index in [9.17, 15) is 10.2 Å². The van der Waals surface area contributed by atoms with Crippen LogP contribution in [-0.2, 0) is 6.42 Å². The predicted octanol–water partition coefficient (Wildman–Crippen LogP) is 1.86. The molecule has 2 aliphatic rings. The molecule has 2 N–H and O–H groups in total. The van der Waals surface area contributed by atoms with E-state index in [2.05, 4.69) is 25.1 Å². The normalized spacial score (nSPS) is 31.3. The van der Waals surface area contributed by atoms with Crippen molar-refractivity contribution in [2.45, 2.75) is 44.3 Å². The van der Waals surface area contributed by atoms with Crippen LogP contribution < -0.4 is 4.74 Å². The SMILES string of the molecule is CCCc1cccc2c1O[C@H]1C[C@@H](O)[C@H](CO)[C@@H]21.[Ac]. The zero-order valence-electron chi connectivity index (χ0n) is 11.2.